The third kappa shape index (κ3) is 3.46. The Morgan fingerprint density at radius 2 is 1.92 bits per heavy atom. The monoisotopic (exact) mass is 379 g/mol. The zero-order valence-corrected chi connectivity index (χ0v) is 14.8. The van der Waals surface area contributed by atoms with Gasteiger partial charge in [0, 0.05) is 12.0 Å². The summed E-state index contributed by atoms with van der Waals surface area (Å²) in [6, 6.07) is 8.21. The maximum atomic E-state index is 14.0. The van der Waals surface area contributed by atoms with Gasteiger partial charge in [0.05, 0.1) is 11.9 Å². The predicted octanol–water partition coefficient (Wildman–Crippen LogP) is 1.65. The largest absolute Gasteiger partial charge is 0.240 e. The van der Waals surface area contributed by atoms with Crippen LogP contribution in [0.25, 0.3) is 11.4 Å². The smallest absolute Gasteiger partial charge is 0.214 e. The maximum absolute atomic E-state index is 14.0. The lowest BCUT2D eigenvalue weighted by Gasteiger charge is -2.11. The summed E-state index contributed by atoms with van der Waals surface area (Å²) in [7, 11) is -0.830. The second-order valence-corrected chi connectivity index (χ2v) is 7.41. The van der Waals surface area contributed by atoms with Crippen molar-refractivity contribution in [2.45, 2.75) is 11.3 Å². The summed E-state index contributed by atoms with van der Waals surface area (Å²) in [5.41, 5.74) is 1.05. The van der Waals surface area contributed by atoms with Gasteiger partial charge in [-0.05, 0) is 41.6 Å². The molecule has 0 bridgehead atoms. The predicted molar refractivity (Wildman–Crippen MR) is 89.6 cm³/mol. The molecule has 1 N–H and O–H groups in total. The molecule has 3 aromatic rings. The molecule has 0 spiro atoms. The average Bonchev–Trinajstić information content (AvgIpc) is 3.05. The van der Waals surface area contributed by atoms with E-state index in [-0.39, 0.29) is 22.7 Å². The van der Waals surface area contributed by atoms with E-state index in [0.29, 0.717) is 11.1 Å². The summed E-state index contributed by atoms with van der Waals surface area (Å²) in [4.78, 5) is 1.23. The SMILES string of the molecule is CNS(=O)(=O)c1ccc(Cc2cccc(F)c2F)c(-c2nnn(C)n2)c1. The highest BCUT2D eigenvalue weighted by atomic mass is 32.2. The van der Waals surface area contributed by atoms with E-state index >= 15 is 0 Å². The topological polar surface area (TPSA) is 89.8 Å². The highest BCUT2D eigenvalue weighted by molar-refractivity contribution is 7.89. The van der Waals surface area contributed by atoms with Crippen LogP contribution >= 0.6 is 0 Å². The van der Waals surface area contributed by atoms with E-state index in [1.807, 2.05) is 0 Å². The van der Waals surface area contributed by atoms with Gasteiger partial charge in [0.1, 0.15) is 0 Å². The van der Waals surface area contributed by atoms with Crippen molar-refractivity contribution in [1.29, 1.82) is 0 Å². The molecule has 3 rings (SSSR count). The van der Waals surface area contributed by atoms with Gasteiger partial charge in [-0.3, -0.25) is 0 Å². The number of hydrogen-bond acceptors (Lipinski definition) is 5. The van der Waals surface area contributed by atoms with Crippen molar-refractivity contribution in [3.8, 4) is 11.4 Å². The molecule has 0 saturated heterocycles. The van der Waals surface area contributed by atoms with E-state index < -0.39 is 21.7 Å². The van der Waals surface area contributed by atoms with Crippen molar-refractivity contribution < 1.29 is 17.2 Å². The van der Waals surface area contributed by atoms with Crippen LogP contribution < -0.4 is 4.72 Å². The third-order valence-corrected chi connectivity index (χ3v) is 5.23. The lowest BCUT2D eigenvalue weighted by Crippen LogP contribution is -2.18. The number of aromatic nitrogens is 4. The Morgan fingerprint density at radius 1 is 1.15 bits per heavy atom. The highest BCUT2D eigenvalue weighted by Crippen LogP contribution is 2.27. The van der Waals surface area contributed by atoms with Crippen molar-refractivity contribution in [2.75, 3.05) is 7.05 Å². The van der Waals surface area contributed by atoms with Crippen LogP contribution in [0.5, 0.6) is 0 Å². The Hall–Kier alpha value is -2.72. The number of halogens is 2. The fourth-order valence-electron chi connectivity index (χ4n) is 2.48. The number of nitrogens with one attached hydrogen (secondary N) is 1. The molecule has 0 atom stereocenters. The molecule has 0 aliphatic heterocycles. The fraction of sp³-hybridized carbons (Fsp3) is 0.188. The third-order valence-electron chi connectivity index (χ3n) is 3.82. The zero-order valence-electron chi connectivity index (χ0n) is 13.9. The molecular formula is C16H15F2N5O2S. The molecule has 0 aliphatic carbocycles. The minimum Gasteiger partial charge on any atom is -0.214 e. The van der Waals surface area contributed by atoms with Crippen molar-refractivity contribution in [3.63, 3.8) is 0 Å². The van der Waals surface area contributed by atoms with E-state index in [1.165, 1.54) is 42.2 Å². The van der Waals surface area contributed by atoms with Crippen LogP contribution in [0.2, 0.25) is 0 Å². The minimum atomic E-state index is -3.69. The van der Waals surface area contributed by atoms with Gasteiger partial charge in [0.2, 0.25) is 15.8 Å². The normalized spacial score (nSPS) is 11.7. The summed E-state index contributed by atoms with van der Waals surface area (Å²) < 4.78 is 53.9. The van der Waals surface area contributed by atoms with E-state index in [4.69, 9.17) is 0 Å². The molecule has 1 aromatic heterocycles. The van der Waals surface area contributed by atoms with Crippen molar-refractivity contribution in [1.82, 2.24) is 24.9 Å². The number of nitrogens with zero attached hydrogens (tertiary/aromatic N) is 4. The first-order chi connectivity index (χ1) is 12.3. The number of hydrogen-bond donors (Lipinski definition) is 1. The molecule has 0 aliphatic rings. The van der Waals surface area contributed by atoms with Crippen LogP contribution in [0.4, 0.5) is 8.78 Å². The van der Waals surface area contributed by atoms with Gasteiger partial charge in [-0.1, -0.05) is 18.2 Å². The molecule has 2 aromatic carbocycles. The molecule has 1 heterocycles. The molecular weight excluding hydrogens is 364 g/mol. The van der Waals surface area contributed by atoms with Crippen LogP contribution in [0.3, 0.4) is 0 Å². The van der Waals surface area contributed by atoms with Gasteiger partial charge in [-0.25, -0.2) is 21.9 Å². The first-order valence-corrected chi connectivity index (χ1v) is 9.04. The number of sulfonamides is 1. The molecule has 7 nitrogen and oxygen atoms in total. The lowest BCUT2D eigenvalue weighted by atomic mass is 9.99. The van der Waals surface area contributed by atoms with Crippen LogP contribution in [0, 0.1) is 11.6 Å². The van der Waals surface area contributed by atoms with Crippen LogP contribution in [0.15, 0.2) is 41.3 Å². The van der Waals surface area contributed by atoms with E-state index in [9.17, 15) is 17.2 Å². The standard InChI is InChI=1S/C16H15F2N5O2S/c1-19-26(24,25)12-7-6-10(8-11-4-3-5-14(17)15(11)18)13(9-12)16-20-22-23(2)21-16/h3-7,9,19H,8H2,1-2H3. The number of tetrazole rings is 1. The summed E-state index contributed by atoms with van der Waals surface area (Å²) in [5.74, 6) is -1.71. The van der Waals surface area contributed by atoms with E-state index in [2.05, 4.69) is 20.1 Å². The summed E-state index contributed by atoms with van der Waals surface area (Å²) in [5, 5.41) is 11.7. The minimum absolute atomic E-state index is 0.00548. The van der Waals surface area contributed by atoms with Crippen molar-refractivity contribution in [2.24, 2.45) is 7.05 Å². The first-order valence-electron chi connectivity index (χ1n) is 7.55. The average molecular weight is 379 g/mol. The molecule has 0 amide bonds. The maximum Gasteiger partial charge on any atom is 0.240 e. The molecule has 0 unspecified atom stereocenters. The molecule has 10 heteroatoms. The Morgan fingerprint density at radius 3 is 2.58 bits per heavy atom. The summed E-state index contributed by atoms with van der Waals surface area (Å²) >= 11 is 0. The first kappa shape index (κ1) is 18.1. The van der Waals surface area contributed by atoms with Gasteiger partial charge >= 0.3 is 0 Å². The lowest BCUT2D eigenvalue weighted by molar-refractivity contribution is 0.501. The van der Waals surface area contributed by atoms with Crippen molar-refractivity contribution >= 4 is 10.0 Å². The number of aryl methyl sites for hydroxylation is 1. The van der Waals surface area contributed by atoms with Gasteiger partial charge < -0.3 is 0 Å². The second-order valence-electron chi connectivity index (χ2n) is 5.52. The van der Waals surface area contributed by atoms with E-state index in [1.54, 1.807) is 7.05 Å². The Labute approximate surface area is 148 Å². The molecule has 0 saturated carbocycles. The number of rotatable bonds is 5. The molecule has 26 heavy (non-hydrogen) atoms. The molecule has 136 valence electrons. The van der Waals surface area contributed by atoms with Gasteiger partial charge in [-0.2, -0.15) is 4.80 Å². The summed E-state index contributed by atoms with van der Waals surface area (Å²) in [6.07, 6.45) is 0.0388. The zero-order chi connectivity index (χ0) is 18.9. The van der Waals surface area contributed by atoms with Gasteiger partial charge in [0.25, 0.3) is 0 Å². The Bertz CT molecular complexity index is 1070. The van der Waals surface area contributed by atoms with Crippen LogP contribution in [0.1, 0.15) is 11.1 Å². The van der Waals surface area contributed by atoms with Crippen LogP contribution in [-0.2, 0) is 23.5 Å². The fourth-order valence-corrected chi connectivity index (χ4v) is 3.24. The van der Waals surface area contributed by atoms with Crippen LogP contribution in [-0.4, -0.2) is 35.7 Å². The van der Waals surface area contributed by atoms with Gasteiger partial charge in [0.15, 0.2) is 11.6 Å². The number of benzene rings is 2. The quantitative estimate of drug-likeness (QED) is 0.728. The Balaban J connectivity index is 2.14. The van der Waals surface area contributed by atoms with Crippen molar-refractivity contribution in [3.05, 3.63) is 59.2 Å². The molecule has 0 fully saturated rings. The van der Waals surface area contributed by atoms with E-state index in [0.717, 1.165) is 6.07 Å². The highest BCUT2D eigenvalue weighted by Gasteiger charge is 2.19. The Kier molecular flexibility index (Phi) is 4.79. The second kappa shape index (κ2) is 6.89. The van der Waals surface area contributed by atoms with Gasteiger partial charge in [-0.15, -0.1) is 10.2 Å². The summed E-state index contributed by atoms with van der Waals surface area (Å²) in [6.45, 7) is 0. The molecule has 0 radical (unpaired) electrons.